The highest BCUT2D eigenvalue weighted by Gasteiger charge is 2.27. The molecule has 70 valence electrons. The maximum atomic E-state index is 11.3. The molecule has 0 aromatic rings. The second-order valence-electron chi connectivity index (χ2n) is 3.29. The maximum Gasteiger partial charge on any atom is 0.364 e. The minimum atomic E-state index is -0.0130. The Labute approximate surface area is 73.5 Å². The monoisotopic (exact) mass is 172 g/mol. The van der Waals surface area contributed by atoms with Crippen LogP contribution in [0.25, 0.3) is 0 Å². The average molecular weight is 172 g/mol. The molecule has 1 atom stereocenters. The molecular weight excluding hydrogens is 154 g/mol. The van der Waals surface area contributed by atoms with E-state index in [-0.39, 0.29) is 12.0 Å². The normalized spacial score (nSPS) is 22.6. The first-order valence-electron chi connectivity index (χ1n) is 4.84. The van der Waals surface area contributed by atoms with Crippen molar-refractivity contribution in [2.45, 2.75) is 38.6 Å². The van der Waals surface area contributed by atoms with E-state index in [0.29, 0.717) is 6.61 Å². The van der Waals surface area contributed by atoms with Crippen LogP contribution in [0.15, 0.2) is 0 Å². The summed E-state index contributed by atoms with van der Waals surface area (Å²) >= 11 is 0. The predicted molar refractivity (Wildman–Crippen MR) is 45.7 cm³/mol. The van der Waals surface area contributed by atoms with Crippen molar-refractivity contribution in [2.75, 3.05) is 13.2 Å². The molecule has 2 N–H and O–H groups in total. The molecule has 1 fully saturated rings. The predicted octanol–water partition coefficient (Wildman–Crippen LogP) is 0.0555. The molecule has 1 saturated heterocycles. The van der Waals surface area contributed by atoms with Gasteiger partial charge in [0, 0.05) is 12.8 Å². The summed E-state index contributed by atoms with van der Waals surface area (Å²) in [4.78, 5) is 11.3. The van der Waals surface area contributed by atoms with Crippen LogP contribution in [0.1, 0.15) is 32.6 Å². The Bertz CT molecular complexity index is 141. The molecular formula is C9H18NO2+. The zero-order valence-electron chi connectivity index (χ0n) is 7.71. The van der Waals surface area contributed by atoms with Gasteiger partial charge in [-0.2, -0.15) is 0 Å². The number of hydrogen-bond donors (Lipinski definition) is 1. The molecule has 1 rings (SSSR count). The van der Waals surface area contributed by atoms with Crippen LogP contribution in [0.2, 0.25) is 0 Å². The Morgan fingerprint density at radius 3 is 3.08 bits per heavy atom. The Kier molecular flexibility index (Phi) is 4.08. The quantitative estimate of drug-likeness (QED) is 0.481. The SMILES string of the molecule is CCCCOC(=O)C1CCC[NH2+]1. The van der Waals surface area contributed by atoms with Gasteiger partial charge in [-0.1, -0.05) is 13.3 Å². The number of quaternary nitrogens is 1. The summed E-state index contributed by atoms with van der Waals surface area (Å²) in [5, 5.41) is 2.08. The van der Waals surface area contributed by atoms with Gasteiger partial charge in [0.05, 0.1) is 13.2 Å². The molecule has 3 heteroatoms. The summed E-state index contributed by atoms with van der Waals surface area (Å²) in [5.41, 5.74) is 0. The lowest BCUT2D eigenvalue weighted by Crippen LogP contribution is -2.88. The van der Waals surface area contributed by atoms with Gasteiger partial charge in [0.15, 0.2) is 6.04 Å². The van der Waals surface area contributed by atoms with Gasteiger partial charge in [-0.05, 0) is 6.42 Å². The van der Waals surface area contributed by atoms with Crippen molar-refractivity contribution in [1.82, 2.24) is 0 Å². The third kappa shape index (κ3) is 2.81. The van der Waals surface area contributed by atoms with Crippen molar-refractivity contribution >= 4 is 5.97 Å². The van der Waals surface area contributed by atoms with Crippen molar-refractivity contribution in [2.24, 2.45) is 0 Å². The highest BCUT2D eigenvalue weighted by atomic mass is 16.5. The van der Waals surface area contributed by atoms with Gasteiger partial charge in [-0.3, -0.25) is 0 Å². The zero-order valence-corrected chi connectivity index (χ0v) is 7.71. The van der Waals surface area contributed by atoms with E-state index in [0.717, 1.165) is 32.2 Å². The van der Waals surface area contributed by atoms with Gasteiger partial charge in [-0.15, -0.1) is 0 Å². The van der Waals surface area contributed by atoms with Crippen molar-refractivity contribution in [3.8, 4) is 0 Å². The summed E-state index contributed by atoms with van der Waals surface area (Å²) in [6.07, 6.45) is 4.21. The fourth-order valence-corrected chi connectivity index (χ4v) is 1.41. The molecule has 0 aromatic carbocycles. The van der Waals surface area contributed by atoms with E-state index < -0.39 is 0 Å². The van der Waals surface area contributed by atoms with Crippen molar-refractivity contribution in [1.29, 1.82) is 0 Å². The van der Waals surface area contributed by atoms with E-state index in [9.17, 15) is 4.79 Å². The Morgan fingerprint density at radius 2 is 2.50 bits per heavy atom. The first kappa shape index (κ1) is 9.52. The van der Waals surface area contributed by atoms with E-state index >= 15 is 0 Å². The first-order valence-corrected chi connectivity index (χ1v) is 4.84. The van der Waals surface area contributed by atoms with Crippen LogP contribution in [0.5, 0.6) is 0 Å². The molecule has 0 saturated carbocycles. The van der Waals surface area contributed by atoms with Gasteiger partial charge < -0.3 is 10.1 Å². The minimum Gasteiger partial charge on any atom is -0.461 e. The maximum absolute atomic E-state index is 11.3. The first-order chi connectivity index (χ1) is 5.84. The third-order valence-corrected chi connectivity index (χ3v) is 2.22. The number of carbonyl (C=O) groups excluding carboxylic acids is 1. The lowest BCUT2D eigenvalue weighted by molar-refractivity contribution is -0.658. The summed E-state index contributed by atoms with van der Waals surface area (Å²) < 4.78 is 5.10. The molecule has 1 unspecified atom stereocenters. The van der Waals surface area contributed by atoms with Crippen LogP contribution in [0.4, 0.5) is 0 Å². The molecule has 0 aromatic heterocycles. The van der Waals surface area contributed by atoms with E-state index in [1.54, 1.807) is 0 Å². The second-order valence-corrected chi connectivity index (χ2v) is 3.29. The smallest absolute Gasteiger partial charge is 0.364 e. The molecule has 0 spiro atoms. The standard InChI is InChI=1S/C9H17NO2/c1-2-3-7-12-9(11)8-5-4-6-10-8/h8,10H,2-7H2,1H3/p+1. The van der Waals surface area contributed by atoms with E-state index in [2.05, 4.69) is 12.2 Å². The van der Waals surface area contributed by atoms with E-state index in [1.165, 1.54) is 0 Å². The second kappa shape index (κ2) is 5.14. The number of esters is 1. The number of rotatable bonds is 4. The molecule has 0 radical (unpaired) electrons. The largest absolute Gasteiger partial charge is 0.461 e. The molecule has 0 amide bonds. The fraction of sp³-hybridized carbons (Fsp3) is 0.889. The van der Waals surface area contributed by atoms with Crippen LogP contribution < -0.4 is 5.32 Å². The Morgan fingerprint density at radius 1 is 1.67 bits per heavy atom. The summed E-state index contributed by atoms with van der Waals surface area (Å²) in [7, 11) is 0. The highest BCUT2D eigenvalue weighted by Crippen LogP contribution is 2.00. The van der Waals surface area contributed by atoms with Gasteiger partial charge >= 0.3 is 5.97 Å². The molecule has 1 heterocycles. The lowest BCUT2D eigenvalue weighted by atomic mass is 10.2. The van der Waals surface area contributed by atoms with E-state index in [1.807, 2.05) is 0 Å². The van der Waals surface area contributed by atoms with Gasteiger partial charge in [0.1, 0.15) is 0 Å². The highest BCUT2D eigenvalue weighted by molar-refractivity contribution is 5.74. The lowest BCUT2D eigenvalue weighted by Gasteiger charge is -2.06. The Balaban J connectivity index is 2.10. The summed E-state index contributed by atoms with van der Waals surface area (Å²) in [5.74, 6) is -0.0130. The number of unbranched alkanes of at least 4 members (excludes halogenated alkanes) is 1. The third-order valence-electron chi connectivity index (χ3n) is 2.22. The van der Waals surface area contributed by atoms with Crippen LogP contribution >= 0.6 is 0 Å². The van der Waals surface area contributed by atoms with Gasteiger partial charge in [-0.25, -0.2) is 4.79 Å². The molecule has 0 aliphatic carbocycles. The van der Waals surface area contributed by atoms with Crippen molar-refractivity contribution in [3.05, 3.63) is 0 Å². The summed E-state index contributed by atoms with van der Waals surface area (Å²) in [6, 6.07) is 0.0989. The number of carbonyl (C=O) groups is 1. The number of hydrogen-bond acceptors (Lipinski definition) is 2. The average Bonchev–Trinajstić information content (AvgIpc) is 2.56. The van der Waals surface area contributed by atoms with Crippen molar-refractivity contribution < 1.29 is 14.8 Å². The summed E-state index contributed by atoms with van der Waals surface area (Å²) in [6.45, 7) is 3.77. The van der Waals surface area contributed by atoms with Crippen LogP contribution in [0, 0.1) is 0 Å². The van der Waals surface area contributed by atoms with Gasteiger partial charge in [0.2, 0.25) is 0 Å². The van der Waals surface area contributed by atoms with Crippen molar-refractivity contribution in [3.63, 3.8) is 0 Å². The van der Waals surface area contributed by atoms with Crippen LogP contribution in [0.3, 0.4) is 0 Å². The van der Waals surface area contributed by atoms with E-state index in [4.69, 9.17) is 4.74 Å². The molecule has 0 bridgehead atoms. The molecule has 1 aliphatic rings. The van der Waals surface area contributed by atoms with Gasteiger partial charge in [0.25, 0.3) is 0 Å². The molecule has 1 aliphatic heterocycles. The molecule has 12 heavy (non-hydrogen) atoms. The number of nitrogens with two attached hydrogens (primary N) is 1. The van der Waals surface area contributed by atoms with Crippen LogP contribution in [-0.2, 0) is 9.53 Å². The Hall–Kier alpha value is -0.570. The molecule has 3 nitrogen and oxygen atoms in total. The minimum absolute atomic E-state index is 0.0130. The number of ether oxygens (including phenoxy) is 1. The van der Waals surface area contributed by atoms with Crippen LogP contribution in [-0.4, -0.2) is 25.2 Å². The topological polar surface area (TPSA) is 42.9 Å². The zero-order chi connectivity index (χ0) is 8.81. The fourth-order valence-electron chi connectivity index (χ4n) is 1.41.